The Morgan fingerprint density at radius 1 is 1.03 bits per heavy atom. The second-order valence-electron chi connectivity index (χ2n) is 9.85. The van der Waals surface area contributed by atoms with E-state index in [1.54, 1.807) is 0 Å². The van der Waals surface area contributed by atoms with Gasteiger partial charge in [0.25, 0.3) is 5.91 Å². The maximum Gasteiger partial charge on any atom is 0.257 e. The van der Waals surface area contributed by atoms with Crippen molar-refractivity contribution in [2.45, 2.75) is 73.9 Å². The molecule has 0 radical (unpaired) electrons. The number of hydrogen-bond acceptors (Lipinski definition) is 3. The van der Waals surface area contributed by atoms with Gasteiger partial charge in [-0.2, -0.15) is 5.10 Å². The highest BCUT2D eigenvalue weighted by atomic mass is 16.1. The average molecular weight is 460 g/mol. The predicted octanol–water partition coefficient (Wildman–Crippen LogP) is 5.83. The summed E-state index contributed by atoms with van der Waals surface area (Å²) >= 11 is 0. The Morgan fingerprint density at radius 3 is 2.29 bits per heavy atom. The fraction of sp³-hybridized carbons (Fsp3) is 0.393. The summed E-state index contributed by atoms with van der Waals surface area (Å²) in [6.45, 7) is 17.9. The van der Waals surface area contributed by atoms with Crippen molar-refractivity contribution in [1.82, 2.24) is 15.1 Å². The Hall–Kier alpha value is -3.41. The van der Waals surface area contributed by atoms with Crippen molar-refractivity contribution in [3.63, 3.8) is 0 Å². The maximum atomic E-state index is 13.1. The highest BCUT2D eigenvalue weighted by Crippen LogP contribution is 2.22. The summed E-state index contributed by atoms with van der Waals surface area (Å²) in [5.41, 5.74) is 8.06. The zero-order valence-electron chi connectivity index (χ0n) is 21.7. The molecule has 0 bridgehead atoms. The smallest absolute Gasteiger partial charge is 0.257 e. The molecule has 3 aromatic rings. The monoisotopic (exact) mass is 459 g/mol. The highest BCUT2D eigenvalue weighted by molar-refractivity contribution is 6.10. The number of aromatic nitrogens is 2. The van der Waals surface area contributed by atoms with Crippen molar-refractivity contribution in [2.75, 3.05) is 5.32 Å². The third-order valence-electron chi connectivity index (χ3n) is 6.12. The first-order valence-electron chi connectivity index (χ1n) is 11.8. The zero-order chi connectivity index (χ0) is 25.0. The number of guanidine groups is 1. The van der Waals surface area contributed by atoms with E-state index in [0.717, 1.165) is 40.3 Å². The normalized spacial score (nSPS) is 12.1. The van der Waals surface area contributed by atoms with Gasteiger partial charge in [0.1, 0.15) is 0 Å². The zero-order valence-corrected chi connectivity index (χ0v) is 21.7. The number of amides is 1. The molecule has 1 heterocycles. The molecular formula is C28H37N5O. The van der Waals surface area contributed by atoms with Crippen LogP contribution in [0.3, 0.4) is 0 Å². The molecule has 0 saturated heterocycles. The number of aryl methyl sites for hydroxylation is 4. The van der Waals surface area contributed by atoms with E-state index in [1.165, 1.54) is 5.56 Å². The second kappa shape index (κ2) is 10.2. The molecule has 34 heavy (non-hydrogen) atoms. The van der Waals surface area contributed by atoms with Crippen LogP contribution in [0, 0.1) is 27.7 Å². The Balaban J connectivity index is 1.89. The van der Waals surface area contributed by atoms with Crippen LogP contribution < -0.4 is 10.6 Å². The van der Waals surface area contributed by atoms with Crippen LogP contribution in [0.4, 0.5) is 5.69 Å². The molecule has 0 aliphatic carbocycles. The lowest BCUT2D eigenvalue weighted by molar-refractivity contribution is 0.0977. The van der Waals surface area contributed by atoms with Gasteiger partial charge in [-0.05, 0) is 74.9 Å². The molecule has 2 aromatic carbocycles. The van der Waals surface area contributed by atoms with Crippen LogP contribution in [0.25, 0.3) is 0 Å². The van der Waals surface area contributed by atoms with E-state index in [-0.39, 0.29) is 11.3 Å². The van der Waals surface area contributed by atoms with E-state index in [9.17, 15) is 4.79 Å². The van der Waals surface area contributed by atoms with Crippen molar-refractivity contribution in [1.29, 1.82) is 0 Å². The average Bonchev–Trinajstić information content (AvgIpc) is 3.06. The topological polar surface area (TPSA) is 71.3 Å². The number of benzene rings is 2. The first kappa shape index (κ1) is 25.2. The number of carbonyl (C=O) groups is 1. The molecule has 2 N–H and O–H groups in total. The molecule has 6 nitrogen and oxygen atoms in total. The molecule has 0 aliphatic rings. The number of nitrogens with zero attached hydrogens (tertiary/aromatic N) is 3. The lowest BCUT2D eigenvalue weighted by atomic mass is 9.87. The van der Waals surface area contributed by atoms with E-state index in [2.05, 4.69) is 68.6 Å². The van der Waals surface area contributed by atoms with Gasteiger partial charge in [0.2, 0.25) is 5.96 Å². The first-order valence-corrected chi connectivity index (χ1v) is 11.8. The SMILES string of the molecule is CCn1nc(C)c(CN=C(NC(=O)c2ccc(C(C)(C)C)cc2)Nc2cc(C)ccc2C)c1C. The van der Waals surface area contributed by atoms with Crippen molar-refractivity contribution in [2.24, 2.45) is 4.99 Å². The van der Waals surface area contributed by atoms with Crippen molar-refractivity contribution in [3.05, 3.63) is 81.7 Å². The molecule has 0 unspecified atom stereocenters. The molecule has 1 amide bonds. The van der Waals surface area contributed by atoms with E-state index in [0.29, 0.717) is 18.1 Å². The van der Waals surface area contributed by atoms with Gasteiger partial charge in [-0.1, -0.05) is 45.0 Å². The van der Waals surface area contributed by atoms with Gasteiger partial charge in [0.05, 0.1) is 12.2 Å². The lowest BCUT2D eigenvalue weighted by Crippen LogP contribution is -2.36. The van der Waals surface area contributed by atoms with E-state index in [4.69, 9.17) is 4.99 Å². The minimum absolute atomic E-state index is 0.0323. The number of carbonyl (C=O) groups excluding carboxylic acids is 1. The highest BCUT2D eigenvalue weighted by Gasteiger charge is 2.16. The summed E-state index contributed by atoms with van der Waals surface area (Å²) in [4.78, 5) is 17.9. The van der Waals surface area contributed by atoms with Crippen LogP contribution in [-0.2, 0) is 18.5 Å². The fourth-order valence-electron chi connectivity index (χ4n) is 3.84. The summed E-state index contributed by atoms with van der Waals surface area (Å²) in [5, 5.41) is 10.9. The minimum Gasteiger partial charge on any atom is -0.326 e. The predicted molar refractivity (Wildman–Crippen MR) is 141 cm³/mol. The van der Waals surface area contributed by atoms with Gasteiger partial charge in [-0.25, -0.2) is 4.99 Å². The van der Waals surface area contributed by atoms with Crippen LogP contribution in [0.15, 0.2) is 47.5 Å². The third kappa shape index (κ3) is 5.93. The summed E-state index contributed by atoms with van der Waals surface area (Å²) in [6.07, 6.45) is 0. The number of hydrogen-bond donors (Lipinski definition) is 2. The molecule has 0 saturated carbocycles. The molecule has 1 aromatic heterocycles. The molecular weight excluding hydrogens is 422 g/mol. The van der Waals surface area contributed by atoms with Crippen LogP contribution in [0.1, 0.15) is 71.7 Å². The number of aliphatic imine (C=N–C) groups is 1. The lowest BCUT2D eigenvalue weighted by Gasteiger charge is -2.19. The van der Waals surface area contributed by atoms with Gasteiger partial charge in [-0.3, -0.25) is 14.8 Å². The molecule has 0 atom stereocenters. The van der Waals surface area contributed by atoms with E-state index >= 15 is 0 Å². The van der Waals surface area contributed by atoms with Crippen LogP contribution in [0.5, 0.6) is 0 Å². The van der Waals surface area contributed by atoms with E-state index in [1.807, 2.05) is 49.7 Å². The quantitative estimate of drug-likeness (QED) is 0.372. The molecule has 180 valence electrons. The van der Waals surface area contributed by atoms with E-state index < -0.39 is 0 Å². The van der Waals surface area contributed by atoms with Gasteiger partial charge >= 0.3 is 0 Å². The van der Waals surface area contributed by atoms with Gasteiger partial charge < -0.3 is 5.32 Å². The number of rotatable bonds is 5. The molecule has 3 rings (SSSR count). The Morgan fingerprint density at radius 2 is 1.71 bits per heavy atom. The number of anilines is 1. The molecule has 0 spiro atoms. The van der Waals surface area contributed by atoms with Crippen LogP contribution >= 0.6 is 0 Å². The maximum absolute atomic E-state index is 13.1. The summed E-state index contributed by atoms with van der Waals surface area (Å²) in [7, 11) is 0. The van der Waals surface area contributed by atoms with Gasteiger partial charge in [-0.15, -0.1) is 0 Å². The van der Waals surface area contributed by atoms with Gasteiger partial charge in [0, 0.05) is 29.1 Å². The van der Waals surface area contributed by atoms with Gasteiger partial charge in [0.15, 0.2) is 0 Å². The Labute approximate surface area is 203 Å². The van der Waals surface area contributed by atoms with Crippen LogP contribution in [0.2, 0.25) is 0 Å². The Kier molecular flexibility index (Phi) is 7.60. The fourth-order valence-corrected chi connectivity index (χ4v) is 3.84. The third-order valence-corrected chi connectivity index (χ3v) is 6.12. The number of nitrogens with one attached hydrogen (secondary N) is 2. The largest absolute Gasteiger partial charge is 0.326 e. The minimum atomic E-state index is -0.199. The second-order valence-corrected chi connectivity index (χ2v) is 9.85. The molecule has 6 heteroatoms. The van der Waals surface area contributed by atoms with Crippen molar-refractivity contribution >= 4 is 17.6 Å². The summed E-state index contributed by atoms with van der Waals surface area (Å²) in [6, 6.07) is 13.9. The van der Waals surface area contributed by atoms with Crippen LogP contribution in [-0.4, -0.2) is 21.6 Å². The molecule has 0 fully saturated rings. The van der Waals surface area contributed by atoms with Crippen molar-refractivity contribution in [3.8, 4) is 0 Å². The summed E-state index contributed by atoms with van der Waals surface area (Å²) < 4.78 is 1.98. The first-order chi connectivity index (χ1) is 16.0. The standard InChI is InChI=1S/C28H37N5O/c1-9-33-21(5)24(20(4)32-33)17-29-27(30-25-16-18(2)10-11-19(25)3)31-26(34)22-12-14-23(15-13-22)28(6,7)8/h10-16H,9,17H2,1-8H3,(H2,29,30,31,34). The Bertz CT molecular complexity index is 1200. The summed E-state index contributed by atoms with van der Waals surface area (Å²) in [5.74, 6) is 0.219. The molecule has 0 aliphatic heterocycles. The van der Waals surface area contributed by atoms with Crippen molar-refractivity contribution < 1.29 is 4.79 Å².